The molecule has 1 aliphatic carbocycles. The van der Waals surface area contributed by atoms with Crippen LogP contribution in [0.1, 0.15) is 61.8 Å². The third kappa shape index (κ3) is 2.07. The molecule has 1 heteroatoms. The van der Waals surface area contributed by atoms with Gasteiger partial charge in [-0.15, -0.1) is 0 Å². The smallest absolute Gasteiger partial charge is 0.0297 e. The van der Waals surface area contributed by atoms with Gasteiger partial charge in [0.05, 0.1) is 0 Å². The summed E-state index contributed by atoms with van der Waals surface area (Å²) in [4.78, 5) is 0. The summed E-state index contributed by atoms with van der Waals surface area (Å²) < 4.78 is 0. The van der Waals surface area contributed by atoms with Crippen LogP contribution in [0, 0.1) is 0 Å². The molecule has 0 saturated heterocycles. The van der Waals surface area contributed by atoms with E-state index in [-0.39, 0.29) is 6.04 Å². The van der Waals surface area contributed by atoms with Crippen LogP contribution >= 0.6 is 0 Å². The number of fused-ring (bicyclic) bond motifs is 1. The van der Waals surface area contributed by atoms with Gasteiger partial charge in [0.25, 0.3) is 0 Å². The van der Waals surface area contributed by atoms with E-state index in [2.05, 4.69) is 32.0 Å². The molecule has 1 aromatic rings. The van der Waals surface area contributed by atoms with Crippen LogP contribution in [0.3, 0.4) is 0 Å². The lowest BCUT2D eigenvalue weighted by atomic mass is 9.85. The lowest BCUT2D eigenvalue weighted by Gasteiger charge is -2.24. The summed E-state index contributed by atoms with van der Waals surface area (Å²) in [6.07, 6.45) is 4.81. The van der Waals surface area contributed by atoms with Crippen molar-refractivity contribution in [1.29, 1.82) is 0 Å². The normalized spacial score (nSPS) is 22.2. The van der Waals surface area contributed by atoms with Crippen molar-refractivity contribution in [2.24, 2.45) is 5.73 Å². The Kier molecular flexibility index (Phi) is 3.11. The summed E-state index contributed by atoms with van der Waals surface area (Å²) in [6.45, 7) is 4.53. The number of hydrogen-bond acceptors (Lipinski definition) is 1. The molecule has 1 aromatic carbocycles. The summed E-state index contributed by atoms with van der Waals surface area (Å²) in [7, 11) is 0. The molecule has 15 heavy (non-hydrogen) atoms. The predicted molar refractivity (Wildman–Crippen MR) is 65.0 cm³/mol. The Bertz CT molecular complexity index is 343. The van der Waals surface area contributed by atoms with Gasteiger partial charge in [0.15, 0.2) is 0 Å². The predicted octanol–water partition coefficient (Wildman–Crippen LogP) is 3.54. The average molecular weight is 203 g/mol. The van der Waals surface area contributed by atoms with Crippen LogP contribution in [0.5, 0.6) is 0 Å². The Morgan fingerprint density at radius 3 is 3.00 bits per heavy atom. The average Bonchev–Trinajstić information content (AvgIpc) is 2.28. The molecule has 0 heterocycles. The fraction of sp³-hybridized carbons (Fsp3) is 0.571. The first kappa shape index (κ1) is 10.7. The Morgan fingerprint density at radius 1 is 1.47 bits per heavy atom. The van der Waals surface area contributed by atoms with E-state index < -0.39 is 0 Å². The van der Waals surface area contributed by atoms with Gasteiger partial charge in [-0.05, 0) is 48.3 Å². The van der Waals surface area contributed by atoms with Crippen molar-refractivity contribution in [3.05, 3.63) is 34.9 Å². The van der Waals surface area contributed by atoms with E-state index in [9.17, 15) is 0 Å². The lowest BCUT2D eigenvalue weighted by Crippen LogP contribution is -2.17. The SMILES string of the molecule is CCC(C)c1ccc2c(c1)[C@H](N)CCC2. The van der Waals surface area contributed by atoms with Crippen molar-refractivity contribution in [3.63, 3.8) is 0 Å². The highest BCUT2D eigenvalue weighted by Crippen LogP contribution is 2.31. The van der Waals surface area contributed by atoms with Crippen molar-refractivity contribution < 1.29 is 0 Å². The third-order valence-electron chi connectivity index (χ3n) is 3.71. The first-order chi connectivity index (χ1) is 7.22. The van der Waals surface area contributed by atoms with Crippen LogP contribution in [0.25, 0.3) is 0 Å². The molecule has 2 rings (SSSR count). The van der Waals surface area contributed by atoms with Crippen molar-refractivity contribution in [2.45, 2.75) is 51.5 Å². The van der Waals surface area contributed by atoms with E-state index in [0.717, 1.165) is 6.42 Å². The van der Waals surface area contributed by atoms with Gasteiger partial charge in [-0.2, -0.15) is 0 Å². The summed E-state index contributed by atoms with van der Waals surface area (Å²) in [6, 6.07) is 7.19. The van der Waals surface area contributed by atoms with Gasteiger partial charge in [0.1, 0.15) is 0 Å². The Balaban J connectivity index is 2.35. The van der Waals surface area contributed by atoms with E-state index >= 15 is 0 Å². The molecule has 2 atom stereocenters. The Labute approximate surface area is 92.7 Å². The lowest BCUT2D eigenvalue weighted by molar-refractivity contribution is 0.568. The van der Waals surface area contributed by atoms with Crippen molar-refractivity contribution in [3.8, 4) is 0 Å². The second-order valence-corrected chi connectivity index (χ2v) is 4.77. The molecule has 0 amide bonds. The fourth-order valence-electron chi connectivity index (χ4n) is 2.40. The maximum Gasteiger partial charge on any atom is 0.0297 e. The Hall–Kier alpha value is -0.820. The number of hydrogen-bond donors (Lipinski definition) is 1. The molecule has 1 unspecified atom stereocenters. The molecule has 0 saturated carbocycles. The van der Waals surface area contributed by atoms with E-state index in [1.165, 1.54) is 36.0 Å². The third-order valence-corrected chi connectivity index (χ3v) is 3.71. The monoisotopic (exact) mass is 203 g/mol. The van der Waals surface area contributed by atoms with Crippen LogP contribution in [0.2, 0.25) is 0 Å². The first-order valence-electron chi connectivity index (χ1n) is 6.10. The van der Waals surface area contributed by atoms with Crippen LogP contribution in [-0.2, 0) is 6.42 Å². The summed E-state index contributed by atoms with van der Waals surface area (Å²) >= 11 is 0. The zero-order chi connectivity index (χ0) is 10.8. The zero-order valence-corrected chi connectivity index (χ0v) is 9.79. The zero-order valence-electron chi connectivity index (χ0n) is 9.79. The number of rotatable bonds is 2. The maximum absolute atomic E-state index is 6.16. The van der Waals surface area contributed by atoms with Gasteiger partial charge in [-0.25, -0.2) is 0 Å². The number of nitrogens with two attached hydrogens (primary N) is 1. The molecule has 82 valence electrons. The van der Waals surface area contributed by atoms with E-state index in [1.54, 1.807) is 0 Å². The maximum atomic E-state index is 6.16. The van der Waals surface area contributed by atoms with Crippen molar-refractivity contribution in [1.82, 2.24) is 0 Å². The van der Waals surface area contributed by atoms with Crippen LogP contribution < -0.4 is 5.73 Å². The summed E-state index contributed by atoms with van der Waals surface area (Å²) in [5, 5.41) is 0. The number of aryl methyl sites for hydroxylation is 1. The van der Waals surface area contributed by atoms with E-state index in [4.69, 9.17) is 5.73 Å². The van der Waals surface area contributed by atoms with Crippen molar-refractivity contribution in [2.75, 3.05) is 0 Å². The van der Waals surface area contributed by atoms with Gasteiger partial charge in [0.2, 0.25) is 0 Å². The molecule has 0 aromatic heterocycles. The second-order valence-electron chi connectivity index (χ2n) is 4.77. The fourth-order valence-corrected chi connectivity index (χ4v) is 2.40. The second kappa shape index (κ2) is 4.36. The summed E-state index contributed by atoms with van der Waals surface area (Å²) in [5.74, 6) is 0.657. The molecule has 1 aliphatic rings. The van der Waals surface area contributed by atoms with Crippen LogP contribution in [0.15, 0.2) is 18.2 Å². The molecule has 0 aliphatic heterocycles. The minimum atomic E-state index is 0.276. The highest BCUT2D eigenvalue weighted by Gasteiger charge is 2.17. The topological polar surface area (TPSA) is 26.0 Å². The van der Waals surface area contributed by atoms with Crippen LogP contribution in [-0.4, -0.2) is 0 Å². The van der Waals surface area contributed by atoms with Crippen LogP contribution in [0.4, 0.5) is 0 Å². The van der Waals surface area contributed by atoms with E-state index in [1.807, 2.05) is 0 Å². The van der Waals surface area contributed by atoms with Gasteiger partial charge >= 0.3 is 0 Å². The first-order valence-corrected chi connectivity index (χ1v) is 6.10. The quantitative estimate of drug-likeness (QED) is 0.781. The molecule has 2 N–H and O–H groups in total. The van der Waals surface area contributed by atoms with Gasteiger partial charge in [-0.3, -0.25) is 0 Å². The molecule has 0 bridgehead atoms. The van der Waals surface area contributed by atoms with Gasteiger partial charge in [-0.1, -0.05) is 32.0 Å². The van der Waals surface area contributed by atoms with Gasteiger partial charge < -0.3 is 5.73 Å². The molecular formula is C14H21N. The minimum Gasteiger partial charge on any atom is -0.324 e. The molecular weight excluding hydrogens is 182 g/mol. The highest BCUT2D eigenvalue weighted by molar-refractivity contribution is 5.37. The minimum absolute atomic E-state index is 0.276. The van der Waals surface area contributed by atoms with Crippen molar-refractivity contribution >= 4 is 0 Å². The van der Waals surface area contributed by atoms with E-state index in [0.29, 0.717) is 5.92 Å². The highest BCUT2D eigenvalue weighted by atomic mass is 14.6. The molecule has 0 fully saturated rings. The van der Waals surface area contributed by atoms with Gasteiger partial charge in [0, 0.05) is 6.04 Å². The molecule has 0 radical (unpaired) electrons. The molecule has 1 nitrogen and oxygen atoms in total. The summed E-state index contributed by atoms with van der Waals surface area (Å²) in [5.41, 5.74) is 10.5. The largest absolute Gasteiger partial charge is 0.324 e. The number of benzene rings is 1. The molecule has 0 spiro atoms. The Morgan fingerprint density at radius 2 is 2.27 bits per heavy atom. The standard InChI is InChI=1S/C14H21N/c1-3-10(2)12-8-7-11-5-4-6-14(15)13(11)9-12/h7-10,14H,3-6,15H2,1-2H3/t10?,14-/m1/s1.